The molecule has 0 bridgehead atoms. The van der Waals surface area contributed by atoms with Gasteiger partial charge in [-0.05, 0) is 36.8 Å². The van der Waals surface area contributed by atoms with Gasteiger partial charge in [0.25, 0.3) is 0 Å². The predicted octanol–water partition coefficient (Wildman–Crippen LogP) is 3.14. The first-order valence-electron chi connectivity index (χ1n) is 7.36. The van der Waals surface area contributed by atoms with Crippen molar-refractivity contribution in [3.8, 4) is 11.3 Å². The van der Waals surface area contributed by atoms with Crippen molar-refractivity contribution in [1.82, 2.24) is 5.32 Å². The lowest BCUT2D eigenvalue weighted by Gasteiger charge is -2.14. The SMILES string of the molecule is O=C(Nc1cc(-c2ccco2)ccc1F)N[C@@H]1C=C[C@H](CO)C1. The molecule has 0 unspecified atom stereocenters. The highest BCUT2D eigenvalue weighted by molar-refractivity contribution is 5.90. The Balaban J connectivity index is 1.66. The minimum Gasteiger partial charge on any atom is -0.464 e. The first kappa shape index (κ1) is 15.3. The zero-order valence-electron chi connectivity index (χ0n) is 12.3. The summed E-state index contributed by atoms with van der Waals surface area (Å²) in [6.07, 6.45) is 5.86. The Hall–Kier alpha value is -2.60. The molecule has 23 heavy (non-hydrogen) atoms. The van der Waals surface area contributed by atoms with Gasteiger partial charge in [0.05, 0.1) is 12.0 Å². The van der Waals surface area contributed by atoms with Gasteiger partial charge in [0.2, 0.25) is 0 Å². The lowest BCUT2D eigenvalue weighted by molar-refractivity contribution is 0.238. The number of halogens is 1. The van der Waals surface area contributed by atoms with Crippen LogP contribution in [0.1, 0.15) is 6.42 Å². The molecule has 1 aromatic carbocycles. The van der Waals surface area contributed by atoms with E-state index in [4.69, 9.17) is 9.52 Å². The van der Waals surface area contributed by atoms with Crippen molar-refractivity contribution in [1.29, 1.82) is 0 Å². The molecule has 2 amide bonds. The van der Waals surface area contributed by atoms with Crippen LogP contribution in [0, 0.1) is 11.7 Å². The van der Waals surface area contributed by atoms with Crippen molar-refractivity contribution < 1.29 is 18.7 Å². The predicted molar refractivity (Wildman–Crippen MR) is 84.4 cm³/mol. The third-order valence-electron chi connectivity index (χ3n) is 3.74. The van der Waals surface area contributed by atoms with E-state index in [-0.39, 0.29) is 24.3 Å². The van der Waals surface area contributed by atoms with Crippen LogP contribution < -0.4 is 10.6 Å². The van der Waals surface area contributed by atoms with Gasteiger partial charge < -0.3 is 20.2 Å². The molecule has 120 valence electrons. The maximum Gasteiger partial charge on any atom is 0.319 e. The number of nitrogens with one attached hydrogen (secondary N) is 2. The van der Waals surface area contributed by atoms with Crippen LogP contribution in [0.15, 0.2) is 53.2 Å². The molecule has 3 N–H and O–H groups in total. The molecule has 0 saturated carbocycles. The molecule has 2 aromatic rings. The number of urea groups is 1. The number of hydrogen-bond donors (Lipinski definition) is 3. The number of carbonyl (C=O) groups is 1. The fourth-order valence-electron chi connectivity index (χ4n) is 2.56. The van der Waals surface area contributed by atoms with Crippen molar-refractivity contribution in [2.24, 2.45) is 5.92 Å². The summed E-state index contributed by atoms with van der Waals surface area (Å²) >= 11 is 0. The molecule has 0 radical (unpaired) electrons. The minimum atomic E-state index is -0.523. The molecular formula is C17H17FN2O3. The molecule has 3 rings (SSSR count). The Morgan fingerprint density at radius 2 is 2.22 bits per heavy atom. The molecular weight excluding hydrogens is 299 g/mol. The van der Waals surface area contributed by atoms with E-state index >= 15 is 0 Å². The molecule has 0 spiro atoms. The number of benzene rings is 1. The normalized spacial score (nSPS) is 19.7. The standard InChI is InChI=1S/C17H17FN2O3/c18-14-6-4-12(16-2-1-7-23-16)9-15(14)20-17(22)19-13-5-3-11(8-13)10-21/h1-7,9,11,13,21H,8,10H2,(H2,19,20,22)/t11-,13+/m0/s1. The van der Waals surface area contributed by atoms with Gasteiger partial charge in [-0.1, -0.05) is 12.2 Å². The molecule has 5 nitrogen and oxygen atoms in total. The van der Waals surface area contributed by atoms with Gasteiger partial charge in [-0.25, -0.2) is 9.18 Å². The smallest absolute Gasteiger partial charge is 0.319 e. The first-order valence-corrected chi connectivity index (χ1v) is 7.36. The van der Waals surface area contributed by atoms with Crippen LogP contribution in [0.4, 0.5) is 14.9 Å². The van der Waals surface area contributed by atoms with Gasteiger partial charge >= 0.3 is 6.03 Å². The highest BCUT2D eigenvalue weighted by Gasteiger charge is 2.20. The Labute approximate surface area is 132 Å². The van der Waals surface area contributed by atoms with Crippen molar-refractivity contribution in [2.75, 3.05) is 11.9 Å². The summed E-state index contributed by atoms with van der Waals surface area (Å²) in [7, 11) is 0. The molecule has 2 atom stereocenters. The van der Waals surface area contributed by atoms with E-state index in [0.717, 1.165) is 0 Å². The monoisotopic (exact) mass is 316 g/mol. The van der Waals surface area contributed by atoms with Crippen LogP contribution in [-0.4, -0.2) is 23.8 Å². The molecule has 6 heteroatoms. The number of aliphatic hydroxyl groups is 1. The second-order valence-electron chi connectivity index (χ2n) is 5.44. The van der Waals surface area contributed by atoms with E-state index in [0.29, 0.717) is 17.7 Å². The van der Waals surface area contributed by atoms with Crippen molar-refractivity contribution in [3.05, 3.63) is 54.6 Å². The van der Waals surface area contributed by atoms with Gasteiger partial charge in [-0.15, -0.1) is 0 Å². The van der Waals surface area contributed by atoms with Crippen molar-refractivity contribution >= 4 is 11.7 Å². The number of anilines is 1. The van der Waals surface area contributed by atoms with Crippen LogP contribution in [-0.2, 0) is 0 Å². The third kappa shape index (κ3) is 3.60. The fourth-order valence-corrected chi connectivity index (χ4v) is 2.56. The molecule has 0 fully saturated rings. The fraction of sp³-hybridized carbons (Fsp3) is 0.235. The number of aliphatic hydroxyl groups excluding tert-OH is 1. The summed E-state index contributed by atoms with van der Waals surface area (Å²) in [5.41, 5.74) is 0.755. The van der Waals surface area contributed by atoms with Crippen LogP contribution in [0.25, 0.3) is 11.3 Å². The Bertz CT molecular complexity index is 713. The van der Waals surface area contributed by atoms with E-state index < -0.39 is 11.8 Å². The topological polar surface area (TPSA) is 74.5 Å². The number of amides is 2. The van der Waals surface area contributed by atoms with Crippen LogP contribution in [0.3, 0.4) is 0 Å². The van der Waals surface area contributed by atoms with Gasteiger partial charge in [0.1, 0.15) is 11.6 Å². The Morgan fingerprint density at radius 3 is 2.91 bits per heavy atom. The van der Waals surface area contributed by atoms with E-state index in [1.165, 1.54) is 18.4 Å². The van der Waals surface area contributed by atoms with Crippen LogP contribution in [0.5, 0.6) is 0 Å². The molecule has 1 aliphatic rings. The van der Waals surface area contributed by atoms with Gasteiger partial charge in [0, 0.05) is 24.1 Å². The minimum absolute atomic E-state index is 0.0517. The third-order valence-corrected chi connectivity index (χ3v) is 3.74. The summed E-state index contributed by atoms with van der Waals surface area (Å²) < 4.78 is 19.1. The highest BCUT2D eigenvalue weighted by Crippen LogP contribution is 2.25. The van der Waals surface area contributed by atoms with Gasteiger partial charge in [-0.3, -0.25) is 0 Å². The summed E-state index contributed by atoms with van der Waals surface area (Å²) in [4.78, 5) is 12.0. The number of furan rings is 1. The maximum absolute atomic E-state index is 13.9. The first-order chi connectivity index (χ1) is 11.2. The summed E-state index contributed by atoms with van der Waals surface area (Å²) in [5, 5.41) is 14.3. The van der Waals surface area contributed by atoms with E-state index in [2.05, 4.69) is 10.6 Å². The summed E-state index contributed by atoms with van der Waals surface area (Å²) in [6.45, 7) is 0.0517. The summed E-state index contributed by atoms with van der Waals surface area (Å²) in [5.74, 6) is 0.128. The second-order valence-corrected chi connectivity index (χ2v) is 5.44. The largest absolute Gasteiger partial charge is 0.464 e. The number of hydrogen-bond acceptors (Lipinski definition) is 3. The van der Waals surface area contributed by atoms with E-state index in [1.807, 2.05) is 12.2 Å². The van der Waals surface area contributed by atoms with Crippen molar-refractivity contribution in [2.45, 2.75) is 12.5 Å². The maximum atomic E-state index is 13.9. The molecule has 0 saturated heterocycles. The Morgan fingerprint density at radius 1 is 1.35 bits per heavy atom. The average molecular weight is 316 g/mol. The van der Waals surface area contributed by atoms with E-state index in [1.54, 1.807) is 18.2 Å². The lowest BCUT2D eigenvalue weighted by atomic mass is 10.1. The second kappa shape index (κ2) is 6.66. The lowest BCUT2D eigenvalue weighted by Crippen LogP contribution is -2.36. The van der Waals surface area contributed by atoms with Crippen LogP contribution >= 0.6 is 0 Å². The summed E-state index contributed by atoms with van der Waals surface area (Å²) in [6, 6.07) is 7.23. The van der Waals surface area contributed by atoms with Crippen molar-refractivity contribution in [3.63, 3.8) is 0 Å². The molecule has 1 aliphatic carbocycles. The number of rotatable bonds is 4. The highest BCUT2D eigenvalue weighted by atomic mass is 19.1. The molecule has 1 aromatic heterocycles. The zero-order chi connectivity index (χ0) is 16.2. The van der Waals surface area contributed by atoms with E-state index in [9.17, 15) is 9.18 Å². The van der Waals surface area contributed by atoms with Crippen LogP contribution in [0.2, 0.25) is 0 Å². The van der Waals surface area contributed by atoms with Gasteiger partial charge in [-0.2, -0.15) is 0 Å². The number of carbonyl (C=O) groups excluding carboxylic acids is 1. The zero-order valence-corrected chi connectivity index (χ0v) is 12.3. The molecule has 1 heterocycles. The van der Waals surface area contributed by atoms with Gasteiger partial charge in [0.15, 0.2) is 0 Å². The average Bonchev–Trinajstić information content (AvgIpc) is 3.20. The quantitative estimate of drug-likeness (QED) is 0.759. The Kier molecular flexibility index (Phi) is 4.43. The molecule has 0 aliphatic heterocycles.